The molecule has 0 aromatic carbocycles. The van der Waals surface area contributed by atoms with Crippen LogP contribution < -0.4 is 0 Å². The second-order valence-electron chi connectivity index (χ2n) is 2.23. The number of aliphatic hydroxyl groups excluding tert-OH is 1. The lowest BCUT2D eigenvalue weighted by molar-refractivity contribution is 0.334. The highest BCUT2D eigenvalue weighted by molar-refractivity contribution is 7.92. The molecule has 11 heavy (non-hydrogen) atoms. The van der Waals surface area contributed by atoms with E-state index in [0.29, 0.717) is 5.57 Å². The van der Waals surface area contributed by atoms with Crippen LogP contribution in [0.5, 0.6) is 0 Å². The Morgan fingerprint density at radius 2 is 2.27 bits per heavy atom. The van der Waals surface area contributed by atoms with Crippen molar-refractivity contribution in [1.82, 2.24) is 4.31 Å². The van der Waals surface area contributed by atoms with Gasteiger partial charge in [-0.15, -0.1) is 0 Å². The van der Waals surface area contributed by atoms with Gasteiger partial charge in [0.15, 0.2) is 0 Å². The largest absolute Gasteiger partial charge is 0.392 e. The van der Waals surface area contributed by atoms with E-state index in [1.165, 1.54) is 13.2 Å². The average Bonchev–Trinajstić information content (AvgIpc) is 1.95. The normalized spacial score (nSPS) is 21.6. The molecule has 1 rings (SSSR count). The van der Waals surface area contributed by atoms with Crippen LogP contribution in [-0.4, -0.2) is 31.5 Å². The summed E-state index contributed by atoms with van der Waals surface area (Å²) in [6.45, 7) is -0.246. The van der Waals surface area contributed by atoms with Gasteiger partial charge in [0, 0.05) is 13.2 Å². The Balaban J connectivity index is 3.04. The first-order valence-electron chi connectivity index (χ1n) is 3.04. The lowest BCUT2D eigenvalue weighted by Crippen LogP contribution is -2.22. The summed E-state index contributed by atoms with van der Waals surface area (Å²) in [5, 5.41) is 9.66. The molecule has 0 saturated carbocycles. The quantitative estimate of drug-likeness (QED) is 0.592. The number of aliphatic hydroxyl groups is 1. The van der Waals surface area contributed by atoms with Crippen LogP contribution in [0.3, 0.4) is 0 Å². The van der Waals surface area contributed by atoms with Gasteiger partial charge in [-0.05, 0) is 11.6 Å². The predicted molar refractivity (Wildman–Crippen MR) is 41.0 cm³/mol. The smallest absolute Gasteiger partial charge is 0.257 e. The lowest BCUT2D eigenvalue weighted by atomic mass is 10.3. The topological polar surface area (TPSA) is 57.6 Å². The van der Waals surface area contributed by atoms with Crippen molar-refractivity contribution >= 4 is 10.0 Å². The third kappa shape index (κ3) is 1.61. The molecule has 0 unspecified atom stereocenters. The SMILES string of the molecule is CN1C=CC(CO)=CS1(=O)=O. The van der Waals surface area contributed by atoms with E-state index in [1.54, 1.807) is 6.08 Å². The second-order valence-corrected chi connectivity index (χ2v) is 4.07. The molecule has 0 aliphatic carbocycles. The zero-order valence-electron chi connectivity index (χ0n) is 6.06. The van der Waals surface area contributed by atoms with Gasteiger partial charge >= 0.3 is 0 Å². The zero-order valence-corrected chi connectivity index (χ0v) is 6.87. The van der Waals surface area contributed by atoms with Crippen molar-refractivity contribution in [3.8, 4) is 0 Å². The van der Waals surface area contributed by atoms with Gasteiger partial charge < -0.3 is 5.11 Å². The van der Waals surface area contributed by atoms with Crippen molar-refractivity contribution in [3.05, 3.63) is 23.3 Å². The molecule has 0 atom stereocenters. The van der Waals surface area contributed by atoms with E-state index in [0.717, 1.165) is 9.71 Å². The molecule has 0 aromatic heterocycles. The Bertz CT molecular complexity index is 302. The molecule has 1 aliphatic rings. The molecule has 62 valence electrons. The van der Waals surface area contributed by atoms with Crippen LogP contribution in [0.1, 0.15) is 0 Å². The molecule has 0 aromatic rings. The van der Waals surface area contributed by atoms with Gasteiger partial charge in [0.1, 0.15) is 0 Å². The van der Waals surface area contributed by atoms with Crippen molar-refractivity contribution in [1.29, 1.82) is 0 Å². The van der Waals surface area contributed by atoms with E-state index in [4.69, 9.17) is 5.11 Å². The van der Waals surface area contributed by atoms with Crippen LogP contribution >= 0.6 is 0 Å². The van der Waals surface area contributed by atoms with Crippen LogP contribution in [0.2, 0.25) is 0 Å². The summed E-state index contributed by atoms with van der Waals surface area (Å²) in [6.07, 6.45) is 2.96. The van der Waals surface area contributed by atoms with E-state index in [-0.39, 0.29) is 6.61 Å². The van der Waals surface area contributed by atoms with E-state index >= 15 is 0 Å². The number of hydrogen-bond donors (Lipinski definition) is 1. The monoisotopic (exact) mass is 175 g/mol. The minimum absolute atomic E-state index is 0.246. The fraction of sp³-hybridized carbons (Fsp3) is 0.333. The Kier molecular flexibility index (Phi) is 2.01. The molecule has 5 heteroatoms. The Hall–Kier alpha value is -0.810. The summed E-state index contributed by atoms with van der Waals surface area (Å²) in [5.74, 6) is 0. The van der Waals surface area contributed by atoms with Crippen LogP contribution in [0.4, 0.5) is 0 Å². The zero-order chi connectivity index (χ0) is 8.48. The van der Waals surface area contributed by atoms with E-state index in [1.807, 2.05) is 0 Å². The molecular weight excluding hydrogens is 166 g/mol. The number of hydrogen-bond acceptors (Lipinski definition) is 3. The summed E-state index contributed by atoms with van der Waals surface area (Å²) in [5.41, 5.74) is 0.406. The highest BCUT2D eigenvalue weighted by atomic mass is 32.2. The highest BCUT2D eigenvalue weighted by Crippen LogP contribution is 2.11. The van der Waals surface area contributed by atoms with E-state index < -0.39 is 10.0 Å². The van der Waals surface area contributed by atoms with Gasteiger partial charge in [-0.25, -0.2) is 8.42 Å². The highest BCUT2D eigenvalue weighted by Gasteiger charge is 2.15. The molecule has 0 spiro atoms. The molecule has 1 heterocycles. The summed E-state index contributed by atoms with van der Waals surface area (Å²) in [4.78, 5) is 0. The molecule has 4 nitrogen and oxygen atoms in total. The van der Waals surface area contributed by atoms with Crippen molar-refractivity contribution in [2.24, 2.45) is 0 Å². The molecule has 0 bridgehead atoms. The second kappa shape index (κ2) is 2.67. The van der Waals surface area contributed by atoms with Crippen molar-refractivity contribution in [3.63, 3.8) is 0 Å². The lowest BCUT2D eigenvalue weighted by Gasteiger charge is -2.16. The number of nitrogens with zero attached hydrogens (tertiary/aromatic N) is 1. The summed E-state index contributed by atoms with van der Waals surface area (Å²) < 4.78 is 23.2. The molecule has 1 N–H and O–H groups in total. The van der Waals surface area contributed by atoms with Crippen LogP contribution in [0.15, 0.2) is 23.3 Å². The van der Waals surface area contributed by atoms with E-state index in [9.17, 15) is 8.42 Å². The minimum Gasteiger partial charge on any atom is -0.392 e. The molecule has 0 fully saturated rings. The third-order valence-electron chi connectivity index (χ3n) is 1.38. The predicted octanol–water partition coefficient (Wildman–Crippen LogP) is -0.348. The molecule has 0 amide bonds. The van der Waals surface area contributed by atoms with Gasteiger partial charge in [0.25, 0.3) is 10.0 Å². The van der Waals surface area contributed by atoms with Gasteiger partial charge in [0.05, 0.1) is 12.0 Å². The maximum atomic E-state index is 11.0. The standard InChI is InChI=1S/C6H9NO3S/c1-7-3-2-6(4-8)5-11(7,9)10/h2-3,5,8H,4H2,1H3. The molecular formula is C6H9NO3S. The fourth-order valence-corrected chi connectivity index (χ4v) is 1.62. The van der Waals surface area contributed by atoms with Gasteiger partial charge in [-0.1, -0.05) is 0 Å². The molecule has 0 saturated heterocycles. The van der Waals surface area contributed by atoms with Crippen LogP contribution in [0.25, 0.3) is 0 Å². The van der Waals surface area contributed by atoms with Crippen molar-refractivity contribution < 1.29 is 13.5 Å². The Morgan fingerprint density at radius 3 is 2.73 bits per heavy atom. The van der Waals surface area contributed by atoms with Crippen LogP contribution in [-0.2, 0) is 10.0 Å². The van der Waals surface area contributed by atoms with Gasteiger partial charge in [-0.2, -0.15) is 0 Å². The Morgan fingerprint density at radius 1 is 1.64 bits per heavy atom. The number of sulfonamides is 1. The van der Waals surface area contributed by atoms with Crippen LogP contribution in [0, 0.1) is 0 Å². The maximum Gasteiger partial charge on any atom is 0.257 e. The maximum absolute atomic E-state index is 11.0. The summed E-state index contributed by atoms with van der Waals surface area (Å²) in [7, 11) is -1.86. The fourth-order valence-electron chi connectivity index (χ4n) is 0.689. The van der Waals surface area contributed by atoms with Gasteiger partial charge in [0.2, 0.25) is 0 Å². The first-order chi connectivity index (χ1) is 5.06. The number of rotatable bonds is 1. The summed E-state index contributed by atoms with van der Waals surface area (Å²) in [6, 6.07) is 0. The van der Waals surface area contributed by atoms with Crippen molar-refractivity contribution in [2.45, 2.75) is 0 Å². The summed E-state index contributed by atoms with van der Waals surface area (Å²) >= 11 is 0. The first-order valence-corrected chi connectivity index (χ1v) is 4.54. The van der Waals surface area contributed by atoms with Gasteiger partial charge in [-0.3, -0.25) is 4.31 Å². The minimum atomic E-state index is -3.30. The van der Waals surface area contributed by atoms with Crippen molar-refractivity contribution in [2.75, 3.05) is 13.7 Å². The van der Waals surface area contributed by atoms with E-state index in [2.05, 4.69) is 0 Å². The average molecular weight is 175 g/mol. The first kappa shape index (κ1) is 8.29. The molecule has 1 aliphatic heterocycles. The Labute approximate surface area is 65.5 Å². The third-order valence-corrected chi connectivity index (χ3v) is 2.91. The molecule has 0 radical (unpaired) electrons.